The van der Waals surface area contributed by atoms with Crippen molar-refractivity contribution in [2.45, 2.75) is 63.8 Å². The van der Waals surface area contributed by atoms with Crippen molar-refractivity contribution in [1.82, 2.24) is 4.90 Å². The second kappa shape index (κ2) is 6.39. The van der Waals surface area contributed by atoms with Gasteiger partial charge in [-0.15, -0.1) is 0 Å². The van der Waals surface area contributed by atoms with Crippen LogP contribution in [0, 0.1) is 5.92 Å². The highest BCUT2D eigenvalue weighted by Gasteiger charge is 2.32. The van der Waals surface area contributed by atoms with Gasteiger partial charge in [0.05, 0.1) is 12.6 Å². The minimum Gasteiger partial charge on any atom is -0.394 e. The van der Waals surface area contributed by atoms with Crippen molar-refractivity contribution < 1.29 is 9.90 Å². The van der Waals surface area contributed by atoms with E-state index in [0.29, 0.717) is 5.91 Å². The van der Waals surface area contributed by atoms with E-state index in [1.807, 2.05) is 4.90 Å². The van der Waals surface area contributed by atoms with Gasteiger partial charge in [-0.1, -0.05) is 32.1 Å². The van der Waals surface area contributed by atoms with Crippen molar-refractivity contribution >= 4 is 5.91 Å². The zero-order valence-corrected chi connectivity index (χ0v) is 10.7. The van der Waals surface area contributed by atoms with Crippen molar-refractivity contribution in [1.29, 1.82) is 0 Å². The van der Waals surface area contributed by atoms with E-state index in [0.717, 1.165) is 32.2 Å². The van der Waals surface area contributed by atoms with Crippen LogP contribution in [0.3, 0.4) is 0 Å². The lowest BCUT2D eigenvalue weighted by Crippen LogP contribution is -2.41. The summed E-state index contributed by atoms with van der Waals surface area (Å²) in [5, 5.41) is 9.29. The Morgan fingerprint density at radius 1 is 1.00 bits per heavy atom. The van der Waals surface area contributed by atoms with Gasteiger partial charge < -0.3 is 10.0 Å². The van der Waals surface area contributed by atoms with E-state index >= 15 is 0 Å². The number of hydrogen-bond acceptors (Lipinski definition) is 2. The molecular weight excluding hydrogens is 214 g/mol. The third-order valence-electron chi connectivity index (χ3n) is 4.33. The summed E-state index contributed by atoms with van der Waals surface area (Å²) in [6, 6.07) is 0.105. The molecule has 1 saturated heterocycles. The minimum absolute atomic E-state index is 0.105. The molecule has 98 valence electrons. The molecule has 3 nitrogen and oxygen atoms in total. The zero-order chi connectivity index (χ0) is 12.1. The van der Waals surface area contributed by atoms with Crippen LogP contribution in [-0.2, 0) is 4.79 Å². The van der Waals surface area contributed by atoms with Gasteiger partial charge in [0.25, 0.3) is 0 Å². The molecule has 0 spiro atoms. The lowest BCUT2D eigenvalue weighted by Gasteiger charge is -2.28. The Morgan fingerprint density at radius 3 is 2.29 bits per heavy atom. The number of aliphatic hydroxyl groups excluding tert-OH is 1. The maximum absolute atomic E-state index is 12.4. The van der Waals surface area contributed by atoms with Crippen LogP contribution >= 0.6 is 0 Å². The Hall–Kier alpha value is -0.570. The van der Waals surface area contributed by atoms with E-state index in [-0.39, 0.29) is 18.6 Å². The Balaban J connectivity index is 1.92. The van der Waals surface area contributed by atoms with Crippen molar-refractivity contribution in [2.24, 2.45) is 5.92 Å². The SMILES string of the molecule is O=C(C1CCCCCCC1)N1CCC[C@@H]1CO. The number of nitrogens with zero attached hydrogens (tertiary/aromatic N) is 1. The van der Waals surface area contributed by atoms with E-state index in [1.54, 1.807) is 0 Å². The molecule has 17 heavy (non-hydrogen) atoms. The van der Waals surface area contributed by atoms with E-state index in [1.165, 1.54) is 32.1 Å². The fourth-order valence-corrected chi connectivity index (χ4v) is 3.25. The molecule has 2 aliphatic rings. The smallest absolute Gasteiger partial charge is 0.226 e. The van der Waals surface area contributed by atoms with Crippen molar-refractivity contribution in [3.63, 3.8) is 0 Å². The molecular formula is C14H25NO2. The third kappa shape index (κ3) is 3.21. The quantitative estimate of drug-likeness (QED) is 0.803. The molecule has 2 fully saturated rings. The van der Waals surface area contributed by atoms with Gasteiger partial charge in [0.1, 0.15) is 0 Å². The highest BCUT2D eigenvalue weighted by molar-refractivity contribution is 5.79. The summed E-state index contributed by atoms with van der Waals surface area (Å²) >= 11 is 0. The van der Waals surface area contributed by atoms with Crippen LogP contribution in [0.4, 0.5) is 0 Å². The summed E-state index contributed by atoms with van der Waals surface area (Å²) in [7, 11) is 0. The van der Waals surface area contributed by atoms with Gasteiger partial charge in [-0.25, -0.2) is 0 Å². The van der Waals surface area contributed by atoms with Gasteiger partial charge in [-0.2, -0.15) is 0 Å². The summed E-state index contributed by atoms with van der Waals surface area (Å²) in [4.78, 5) is 14.4. The maximum atomic E-state index is 12.4. The second-order valence-electron chi connectivity index (χ2n) is 5.55. The molecule has 0 aromatic carbocycles. The van der Waals surface area contributed by atoms with Gasteiger partial charge >= 0.3 is 0 Å². The predicted molar refractivity (Wildman–Crippen MR) is 67.6 cm³/mol. The molecule has 0 aromatic rings. The number of aliphatic hydroxyl groups is 1. The Kier molecular flexibility index (Phi) is 4.84. The van der Waals surface area contributed by atoms with Crippen LogP contribution < -0.4 is 0 Å². The first kappa shape index (κ1) is 12.9. The van der Waals surface area contributed by atoms with Crippen molar-refractivity contribution in [2.75, 3.05) is 13.2 Å². The van der Waals surface area contributed by atoms with E-state index in [4.69, 9.17) is 0 Å². The Bertz CT molecular complexity index is 247. The second-order valence-corrected chi connectivity index (χ2v) is 5.55. The van der Waals surface area contributed by atoms with Crippen molar-refractivity contribution in [3.8, 4) is 0 Å². The molecule has 0 unspecified atom stereocenters. The molecule has 1 N–H and O–H groups in total. The van der Waals surface area contributed by atoms with Gasteiger partial charge in [0.15, 0.2) is 0 Å². The van der Waals surface area contributed by atoms with Gasteiger partial charge in [-0.3, -0.25) is 4.79 Å². The largest absolute Gasteiger partial charge is 0.394 e. The van der Waals surface area contributed by atoms with Crippen LogP contribution in [0.5, 0.6) is 0 Å². The fourth-order valence-electron chi connectivity index (χ4n) is 3.25. The molecule has 1 aliphatic heterocycles. The molecule has 0 bridgehead atoms. The summed E-state index contributed by atoms with van der Waals surface area (Å²) in [5.41, 5.74) is 0. The summed E-state index contributed by atoms with van der Waals surface area (Å²) in [6.07, 6.45) is 10.5. The van der Waals surface area contributed by atoms with E-state index in [9.17, 15) is 9.90 Å². The molecule has 1 aliphatic carbocycles. The summed E-state index contributed by atoms with van der Waals surface area (Å²) in [5.74, 6) is 0.561. The summed E-state index contributed by atoms with van der Waals surface area (Å²) < 4.78 is 0. The minimum atomic E-state index is 0.105. The molecule has 0 aromatic heterocycles. The predicted octanol–water partition coefficient (Wildman–Crippen LogP) is 2.33. The molecule has 1 amide bonds. The number of likely N-dealkylation sites (tertiary alicyclic amines) is 1. The number of hydrogen-bond donors (Lipinski definition) is 1. The lowest BCUT2D eigenvalue weighted by atomic mass is 9.90. The molecule has 1 heterocycles. The molecule has 0 radical (unpaired) electrons. The Morgan fingerprint density at radius 2 is 1.65 bits per heavy atom. The molecule has 2 rings (SSSR count). The molecule has 1 atom stereocenters. The maximum Gasteiger partial charge on any atom is 0.226 e. The molecule has 1 saturated carbocycles. The number of carbonyl (C=O) groups excluding carboxylic acids is 1. The normalized spacial score (nSPS) is 27.8. The average Bonchev–Trinajstić information content (AvgIpc) is 2.75. The van der Waals surface area contributed by atoms with Gasteiger partial charge in [0, 0.05) is 12.5 Å². The average molecular weight is 239 g/mol. The van der Waals surface area contributed by atoms with Crippen LogP contribution in [0.1, 0.15) is 57.8 Å². The van der Waals surface area contributed by atoms with E-state index < -0.39 is 0 Å². The number of carbonyl (C=O) groups is 1. The van der Waals surface area contributed by atoms with Crippen molar-refractivity contribution in [3.05, 3.63) is 0 Å². The van der Waals surface area contributed by atoms with Crippen LogP contribution in [-0.4, -0.2) is 35.1 Å². The van der Waals surface area contributed by atoms with Gasteiger partial charge in [0.2, 0.25) is 5.91 Å². The summed E-state index contributed by atoms with van der Waals surface area (Å²) in [6.45, 7) is 0.999. The third-order valence-corrected chi connectivity index (χ3v) is 4.33. The highest BCUT2D eigenvalue weighted by atomic mass is 16.3. The first-order chi connectivity index (χ1) is 8.33. The lowest BCUT2D eigenvalue weighted by molar-refractivity contribution is -0.137. The van der Waals surface area contributed by atoms with Crippen LogP contribution in [0.15, 0.2) is 0 Å². The number of rotatable bonds is 2. The highest BCUT2D eigenvalue weighted by Crippen LogP contribution is 2.27. The zero-order valence-electron chi connectivity index (χ0n) is 10.7. The topological polar surface area (TPSA) is 40.5 Å². The number of amides is 1. The van der Waals surface area contributed by atoms with Gasteiger partial charge in [-0.05, 0) is 25.7 Å². The standard InChI is InChI=1S/C14H25NO2/c16-11-13-9-6-10-15(13)14(17)12-7-4-2-1-3-5-8-12/h12-13,16H,1-11H2/t13-/m1/s1. The molecule has 3 heteroatoms. The van der Waals surface area contributed by atoms with Crippen LogP contribution in [0.25, 0.3) is 0 Å². The Labute approximate surface area is 104 Å². The monoisotopic (exact) mass is 239 g/mol. The van der Waals surface area contributed by atoms with E-state index in [2.05, 4.69) is 0 Å². The first-order valence-corrected chi connectivity index (χ1v) is 7.24. The fraction of sp³-hybridized carbons (Fsp3) is 0.929. The first-order valence-electron chi connectivity index (χ1n) is 7.24. The van der Waals surface area contributed by atoms with Crippen LogP contribution in [0.2, 0.25) is 0 Å².